The van der Waals surface area contributed by atoms with Crippen LogP contribution in [-0.4, -0.2) is 6.54 Å². The number of thiophene rings is 1. The monoisotopic (exact) mass is 355 g/mol. The quantitative estimate of drug-likeness (QED) is 0.851. The maximum absolute atomic E-state index is 13.4. The van der Waals surface area contributed by atoms with Crippen molar-refractivity contribution in [2.75, 3.05) is 6.54 Å². The van der Waals surface area contributed by atoms with Crippen LogP contribution in [0.25, 0.3) is 0 Å². The van der Waals surface area contributed by atoms with Crippen LogP contribution in [0.2, 0.25) is 0 Å². The van der Waals surface area contributed by atoms with Gasteiger partial charge in [-0.3, -0.25) is 0 Å². The van der Waals surface area contributed by atoms with E-state index in [1.165, 1.54) is 12.1 Å². The van der Waals surface area contributed by atoms with Gasteiger partial charge in [-0.2, -0.15) is 0 Å². The average Bonchev–Trinajstić information content (AvgIpc) is 2.84. The molecule has 0 fully saturated rings. The Morgan fingerprint density at radius 3 is 3.00 bits per heavy atom. The number of fused-ring (bicyclic) bond motifs is 1. The van der Waals surface area contributed by atoms with Crippen LogP contribution in [0, 0.1) is 5.82 Å². The lowest BCUT2D eigenvalue weighted by molar-refractivity contribution is 0.154. The van der Waals surface area contributed by atoms with E-state index in [1.807, 2.05) is 17.5 Å². The molecule has 2 atom stereocenters. The fraction of sp³-hybridized carbons (Fsp3) is 0.333. The van der Waals surface area contributed by atoms with Gasteiger partial charge in [0, 0.05) is 28.6 Å². The molecule has 106 valence electrons. The summed E-state index contributed by atoms with van der Waals surface area (Å²) in [5.41, 5.74) is 1.04. The second-order valence-electron chi connectivity index (χ2n) is 4.77. The molecule has 0 spiro atoms. The van der Waals surface area contributed by atoms with Crippen molar-refractivity contribution >= 4 is 27.3 Å². The van der Waals surface area contributed by atoms with Crippen molar-refractivity contribution in [1.29, 1.82) is 0 Å². The zero-order chi connectivity index (χ0) is 14.1. The fourth-order valence-electron chi connectivity index (χ4n) is 2.58. The van der Waals surface area contributed by atoms with Gasteiger partial charge >= 0.3 is 0 Å². The van der Waals surface area contributed by atoms with Crippen LogP contribution in [-0.2, 0) is 0 Å². The minimum absolute atomic E-state index is 0.0391. The van der Waals surface area contributed by atoms with Crippen molar-refractivity contribution < 1.29 is 9.13 Å². The minimum Gasteiger partial charge on any atom is -0.484 e. The van der Waals surface area contributed by atoms with Crippen molar-refractivity contribution in [2.45, 2.75) is 25.5 Å². The SMILES string of the molecule is CCNC1CC(c2sccc2Br)Oc2cc(F)ccc21. The molecule has 3 rings (SSSR count). The summed E-state index contributed by atoms with van der Waals surface area (Å²) in [6, 6.07) is 7.01. The molecular weight excluding hydrogens is 341 g/mol. The molecule has 0 saturated carbocycles. The molecular formula is C15H15BrFNOS. The van der Waals surface area contributed by atoms with E-state index in [0.717, 1.165) is 27.9 Å². The lowest BCUT2D eigenvalue weighted by Crippen LogP contribution is -2.28. The molecule has 1 aliphatic heterocycles. The summed E-state index contributed by atoms with van der Waals surface area (Å²) in [7, 11) is 0. The summed E-state index contributed by atoms with van der Waals surface area (Å²) in [5.74, 6) is 0.386. The highest BCUT2D eigenvalue weighted by Gasteiger charge is 2.30. The van der Waals surface area contributed by atoms with E-state index in [2.05, 4.69) is 28.2 Å². The highest BCUT2D eigenvalue weighted by molar-refractivity contribution is 9.10. The Bertz CT molecular complexity index is 616. The Morgan fingerprint density at radius 1 is 1.45 bits per heavy atom. The zero-order valence-electron chi connectivity index (χ0n) is 11.0. The van der Waals surface area contributed by atoms with E-state index >= 15 is 0 Å². The third kappa shape index (κ3) is 2.62. The normalized spacial score (nSPS) is 21.4. The van der Waals surface area contributed by atoms with Gasteiger partial charge in [0.25, 0.3) is 0 Å². The fourth-order valence-corrected chi connectivity index (χ4v) is 4.25. The van der Waals surface area contributed by atoms with Gasteiger partial charge in [0.1, 0.15) is 17.7 Å². The van der Waals surface area contributed by atoms with Gasteiger partial charge in [-0.15, -0.1) is 11.3 Å². The second kappa shape index (κ2) is 5.84. The largest absolute Gasteiger partial charge is 0.484 e. The number of hydrogen-bond donors (Lipinski definition) is 1. The molecule has 0 radical (unpaired) electrons. The van der Waals surface area contributed by atoms with Crippen molar-refractivity contribution in [3.63, 3.8) is 0 Å². The lowest BCUT2D eigenvalue weighted by Gasteiger charge is -2.32. The molecule has 2 aromatic rings. The average molecular weight is 356 g/mol. The van der Waals surface area contributed by atoms with E-state index in [4.69, 9.17) is 4.74 Å². The number of halogens is 2. The first-order valence-corrected chi connectivity index (χ1v) is 8.28. The third-order valence-electron chi connectivity index (χ3n) is 3.46. The van der Waals surface area contributed by atoms with Crippen LogP contribution < -0.4 is 10.1 Å². The van der Waals surface area contributed by atoms with Gasteiger partial charge in [0.2, 0.25) is 0 Å². The summed E-state index contributed by atoms with van der Waals surface area (Å²) in [6.07, 6.45) is 0.814. The van der Waals surface area contributed by atoms with Gasteiger partial charge in [0.05, 0.1) is 4.88 Å². The van der Waals surface area contributed by atoms with Gasteiger partial charge in [-0.1, -0.05) is 13.0 Å². The van der Waals surface area contributed by atoms with Crippen LogP contribution in [0.3, 0.4) is 0 Å². The van der Waals surface area contributed by atoms with Gasteiger partial charge in [-0.05, 0) is 40.0 Å². The molecule has 1 aliphatic rings. The zero-order valence-corrected chi connectivity index (χ0v) is 13.4. The molecule has 20 heavy (non-hydrogen) atoms. The first-order chi connectivity index (χ1) is 9.69. The molecule has 1 aromatic carbocycles. The predicted molar refractivity (Wildman–Crippen MR) is 82.8 cm³/mol. The van der Waals surface area contributed by atoms with E-state index in [1.54, 1.807) is 11.3 Å². The molecule has 1 aromatic heterocycles. The summed E-state index contributed by atoms with van der Waals surface area (Å²) in [4.78, 5) is 1.16. The first kappa shape index (κ1) is 14.0. The highest BCUT2D eigenvalue weighted by atomic mass is 79.9. The number of nitrogens with one attached hydrogen (secondary N) is 1. The Labute approximate surface area is 130 Å². The van der Waals surface area contributed by atoms with Crippen LogP contribution in [0.15, 0.2) is 34.1 Å². The van der Waals surface area contributed by atoms with Crippen molar-refractivity contribution in [1.82, 2.24) is 5.32 Å². The summed E-state index contributed by atoms with van der Waals surface area (Å²) >= 11 is 5.21. The molecule has 2 nitrogen and oxygen atoms in total. The Balaban J connectivity index is 1.97. The summed E-state index contributed by atoms with van der Waals surface area (Å²) < 4.78 is 20.5. The highest BCUT2D eigenvalue weighted by Crippen LogP contribution is 2.44. The number of ether oxygens (including phenoxy) is 1. The Hall–Kier alpha value is -0.910. The Kier molecular flexibility index (Phi) is 4.10. The number of rotatable bonds is 3. The second-order valence-corrected chi connectivity index (χ2v) is 6.57. The van der Waals surface area contributed by atoms with Gasteiger partial charge < -0.3 is 10.1 Å². The van der Waals surface area contributed by atoms with Crippen LogP contribution >= 0.6 is 27.3 Å². The smallest absolute Gasteiger partial charge is 0.136 e. The molecule has 2 heterocycles. The molecule has 2 unspecified atom stereocenters. The minimum atomic E-state index is -0.259. The first-order valence-electron chi connectivity index (χ1n) is 6.61. The molecule has 0 aliphatic carbocycles. The molecule has 1 N–H and O–H groups in total. The number of hydrogen-bond acceptors (Lipinski definition) is 3. The predicted octanol–water partition coefficient (Wildman–Crippen LogP) is 4.82. The molecule has 5 heteroatoms. The van der Waals surface area contributed by atoms with E-state index in [-0.39, 0.29) is 18.0 Å². The van der Waals surface area contributed by atoms with E-state index in [9.17, 15) is 4.39 Å². The van der Waals surface area contributed by atoms with Crippen molar-refractivity contribution in [3.05, 3.63) is 50.4 Å². The van der Waals surface area contributed by atoms with Crippen LogP contribution in [0.1, 0.15) is 35.9 Å². The number of benzene rings is 1. The van der Waals surface area contributed by atoms with Crippen LogP contribution in [0.5, 0.6) is 5.75 Å². The topological polar surface area (TPSA) is 21.3 Å². The maximum Gasteiger partial charge on any atom is 0.136 e. The summed E-state index contributed by atoms with van der Waals surface area (Å²) in [5, 5.41) is 5.49. The lowest BCUT2D eigenvalue weighted by atomic mass is 9.95. The van der Waals surface area contributed by atoms with Gasteiger partial charge in [-0.25, -0.2) is 4.39 Å². The van der Waals surface area contributed by atoms with Crippen LogP contribution in [0.4, 0.5) is 4.39 Å². The maximum atomic E-state index is 13.4. The third-order valence-corrected chi connectivity index (χ3v) is 5.42. The standard InChI is InChI=1S/C15H15BrFNOS/c1-2-18-12-8-14(15-11(16)5-6-20-15)19-13-7-9(17)3-4-10(12)13/h3-7,12,14,18H,2,8H2,1H3. The molecule has 0 saturated heterocycles. The molecule has 0 bridgehead atoms. The Morgan fingerprint density at radius 2 is 2.30 bits per heavy atom. The molecule has 0 amide bonds. The van der Waals surface area contributed by atoms with E-state index < -0.39 is 0 Å². The van der Waals surface area contributed by atoms with Crippen molar-refractivity contribution in [2.24, 2.45) is 0 Å². The van der Waals surface area contributed by atoms with E-state index in [0.29, 0.717) is 5.75 Å². The van der Waals surface area contributed by atoms with Crippen molar-refractivity contribution in [3.8, 4) is 5.75 Å². The van der Waals surface area contributed by atoms with Gasteiger partial charge in [0.15, 0.2) is 0 Å². The summed E-state index contributed by atoms with van der Waals surface area (Å²) in [6.45, 7) is 2.95.